The molecule has 6 nitrogen and oxygen atoms in total. The number of aliphatic hydroxyl groups is 1. The lowest BCUT2D eigenvalue weighted by Gasteiger charge is -2.49. The molecule has 1 unspecified atom stereocenters. The van der Waals surface area contributed by atoms with E-state index in [-0.39, 0.29) is 9.93 Å². The van der Waals surface area contributed by atoms with Crippen molar-refractivity contribution in [1.29, 1.82) is 0 Å². The van der Waals surface area contributed by atoms with Crippen LogP contribution in [0.1, 0.15) is 58.1 Å². The van der Waals surface area contributed by atoms with E-state index >= 15 is 0 Å². The Morgan fingerprint density at radius 1 is 1.15 bits per heavy atom. The average Bonchev–Trinajstić information content (AvgIpc) is 3.53. The number of benzene rings is 1. The summed E-state index contributed by atoms with van der Waals surface area (Å²) in [5, 5.41) is 11.4. The Morgan fingerprint density at radius 2 is 1.79 bits per heavy atom. The molecule has 0 radical (unpaired) electrons. The van der Waals surface area contributed by atoms with Crippen molar-refractivity contribution in [3.05, 3.63) is 59.4 Å². The molecule has 186 valence electrons. The number of rotatable bonds is 6. The molecule has 1 aliphatic heterocycles. The number of sulfonamides is 1. The maximum atomic E-state index is 14.2. The van der Waals surface area contributed by atoms with Crippen LogP contribution in [0.25, 0.3) is 0 Å². The van der Waals surface area contributed by atoms with Crippen LogP contribution in [0.15, 0.2) is 53.7 Å². The summed E-state index contributed by atoms with van der Waals surface area (Å²) in [6.07, 6.45) is 4.95. The van der Waals surface area contributed by atoms with Crippen LogP contribution in [0.4, 0.5) is 0 Å². The fourth-order valence-electron chi connectivity index (χ4n) is 4.69. The van der Waals surface area contributed by atoms with Crippen molar-refractivity contribution >= 4 is 29.9 Å². The number of hydrogen-bond acceptors (Lipinski definition) is 5. The van der Waals surface area contributed by atoms with Crippen molar-refractivity contribution < 1.29 is 18.0 Å². The number of halogens is 1. The van der Waals surface area contributed by atoms with Crippen LogP contribution >= 0.6 is 11.6 Å². The maximum Gasteiger partial charge on any atom is 0.243 e. The Morgan fingerprint density at radius 3 is 2.32 bits per heavy atom. The molecule has 3 atom stereocenters. The Bertz CT molecular complexity index is 1120. The molecule has 1 saturated carbocycles. The van der Waals surface area contributed by atoms with E-state index in [1.807, 2.05) is 6.07 Å². The summed E-state index contributed by atoms with van der Waals surface area (Å²) in [6, 6.07) is 8.96. The Balaban J connectivity index is 1.83. The van der Waals surface area contributed by atoms with Crippen molar-refractivity contribution in [1.82, 2.24) is 9.29 Å². The monoisotopic (exact) mass is 522 g/mol. The molecular formula is C25H35ClN2O4SSi. The fourth-order valence-corrected chi connectivity index (χ4v) is 8.36. The van der Waals surface area contributed by atoms with Crippen LogP contribution in [0, 0.1) is 0 Å². The third kappa shape index (κ3) is 4.86. The van der Waals surface area contributed by atoms with E-state index in [1.165, 1.54) is 0 Å². The van der Waals surface area contributed by atoms with Gasteiger partial charge in [0.05, 0.1) is 28.7 Å². The number of hydrogen-bond donors (Lipinski definition) is 1. The molecule has 2 fully saturated rings. The van der Waals surface area contributed by atoms with Crippen LogP contribution in [0.5, 0.6) is 0 Å². The van der Waals surface area contributed by atoms with E-state index in [0.717, 1.165) is 18.4 Å². The smallest absolute Gasteiger partial charge is 0.243 e. The minimum Gasteiger partial charge on any atom is -0.410 e. The van der Waals surface area contributed by atoms with E-state index in [0.29, 0.717) is 17.9 Å². The second kappa shape index (κ2) is 8.98. The van der Waals surface area contributed by atoms with Crippen molar-refractivity contribution in [2.75, 3.05) is 0 Å². The first kappa shape index (κ1) is 25.8. The van der Waals surface area contributed by atoms with Gasteiger partial charge >= 0.3 is 0 Å². The minimum atomic E-state index is -3.91. The molecule has 4 rings (SSSR count). The highest BCUT2D eigenvalue weighted by Crippen LogP contribution is 2.55. The van der Waals surface area contributed by atoms with Crippen LogP contribution in [0.2, 0.25) is 23.2 Å². The minimum absolute atomic E-state index is 0.0154. The topological polar surface area (TPSA) is 79.7 Å². The van der Waals surface area contributed by atoms with Crippen LogP contribution in [-0.2, 0) is 14.4 Å². The molecule has 0 bridgehead atoms. The third-order valence-corrected chi connectivity index (χ3v) is 14.4. The second-order valence-electron chi connectivity index (χ2n) is 11.2. The van der Waals surface area contributed by atoms with Crippen molar-refractivity contribution in [3.63, 3.8) is 0 Å². The third-order valence-electron chi connectivity index (χ3n) is 7.68. The van der Waals surface area contributed by atoms with Gasteiger partial charge in [0.1, 0.15) is 0 Å². The molecular weight excluding hydrogens is 488 g/mol. The molecule has 2 aliphatic rings. The van der Waals surface area contributed by atoms with Gasteiger partial charge < -0.3 is 9.53 Å². The number of aromatic nitrogens is 1. The molecule has 34 heavy (non-hydrogen) atoms. The summed E-state index contributed by atoms with van der Waals surface area (Å²) in [4.78, 5) is 4.43. The number of piperidine rings is 1. The largest absolute Gasteiger partial charge is 0.410 e. The van der Waals surface area contributed by atoms with Gasteiger partial charge in [-0.2, -0.15) is 4.31 Å². The highest BCUT2D eigenvalue weighted by molar-refractivity contribution is 7.89. The first-order valence-electron chi connectivity index (χ1n) is 11.8. The van der Waals surface area contributed by atoms with Gasteiger partial charge in [0.25, 0.3) is 0 Å². The Labute approximate surface area is 209 Å². The molecule has 2 aromatic rings. The van der Waals surface area contributed by atoms with E-state index in [9.17, 15) is 13.5 Å². The molecule has 1 N–H and O–H groups in total. The van der Waals surface area contributed by atoms with Gasteiger partial charge in [-0.1, -0.05) is 38.4 Å². The van der Waals surface area contributed by atoms with Crippen molar-refractivity contribution in [2.24, 2.45) is 0 Å². The van der Waals surface area contributed by atoms with Gasteiger partial charge in [0.2, 0.25) is 10.0 Å². The van der Waals surface area contributed by atoms with Gasteiger partial charge in [-0.25, -0.2) is 8.42 Å². The lowest BCUT2D eigenvalue weighted by Crippen LogP contribution is -2.58. The van der Waals surface area contributed by atoms with E-state index in [1.54, 1.807) is 47.0 Å². The summed E-state index contributed by atoms with van der Waals surface area (Å²) in [7, 11) is -6.11. The zero-order valence-corrected chi connectivity index (χ0v) is 23.1. The number of aliphatic hydroxyl groups excluding tert-OH is 1. The Kier molecular flexibility index (Phi) is 6.81. The number of pyridine rings is 1. The van der Waals surface area contributed by atoms with Gasteiger partial charge in [-0.05, 0) is 79.7 Å². The SMILES string of the molecule is CC(C)(C)[Si](C)(C)OC1([C@H]2CC(O)C[C@@H](c3cccnc3)N2S(=O)(=O)c2ccc(Cl)cc2)CC1. The van der Waals surface area contributed by atoms with E-state index in [4.69, 9.17) is 16.0 Å². The second-order valence-corrected chi connectivity index (χ2v) is 18.2. The maximum absolute atomic E-state index is 14.2. The summed E-state index contributed by atoms with van der Waals surface area (Å²) in [6.45, 7) is 11.0. The van der Waals surface area contributed by atoms with Crippen LogP contribution in [-0.4, -0.2) is 48.9 Å². The highest BCUT2D eigenvalue weighted by atomic mass is 35.5. The fraction of sp³-hybridized carbons (Fsp3) is 0.560. The molecule has 1 aromatic carbocycles. The zero-order chi connectivity index (χ0) is 24.9. The molecule has 2 heterocycles. The summed E-state index contributed by atoms with van der Waals surface area (Å²) >= 11 is 6.05. The lowest BCUT2D eigenvalue weighted by molar-refractivity contribution is -0.0173. The van der Waals surface area contributed by atoms with Gasteiger partial charge in [0, 0.05) is 17.4 Å². The molecule has 0 amide bonds. The van der Waals surface area contributed by atoms with Crippen molar-refractivity contribution in [3.8, 4) is 0 Å². The quantitative estimate of drug-likeness (QED) is 0.503. The first-order valence-corrected chi connectivity index (χ1v) is 16.6. The summed E-state index contributed by atoms with van der Waals surface area (Å²) in [5.74, 6) is 0. The normalized spacial score (nSPS) is 25.8. The van der Waals surface area contributed by atoms with Crippen LogP contribution in [0.3, 0.4) is 0 Å². The summed E-state index contributed by atoms with van der Waals surface area (Å²) in [5.41, 5.74) is 0.177. The summed E-state index contributed by atoms with van der Waals surface area (Å²) < 4.78 is 36.9. The number of nitrogens with zero attached hydrogens (tertiary/aromatic N) is 2. The van der Waals surface area contributed by atoms with Crippen molar-refractivity contribution in [2.45, 2.75) is 93.3 Å². The molecule has 1 aliphatic carbocycles. The molecule has 1 aromatic heterocycles. The molecule has 1 saturated heterocycles. The predicted molar refractivity (Wildman–Crippen MR) is 137 cm³/mol. The lowest BCUT2D eigenvalue weighted by atomic mass is 9.88. The Hall–Kier alpha value is -1.29. The average molecular weight is 523 g/mol. The standard InChI is InChI=1S/C25H35ClN2O4SSi/c1-24(2,3)34(4,5)32-25(12-13-25)23-16-20(29)15-22(18-7-6-14-27-17-18)28(23)33(30,31)21-10-8-19(26)9-11-21/h6-11,14,17,20,22-23,29H,12-13,15-16H2,1-5H3/t20?,22-,23+/m0/s1. The first-order chi connectivity index (χ1) is 15.8. The van der Waals surface area contributed by atoms with Crippen LogP contribution < -0.4 is 0 Å². The highest BCUT2D eigenvalue weighted by Gasteiger charge is 2.61. The van der Waals surface area contributed by atoms with E-state index in [2.05, 4.69) is 38.8 Å². The molecule has 9 heteroatoms. The van der Waals surface area contributed by atoms with Gasteiger partial charge in [-0.3, -0.25) is 4.98 Å². The zero-order valence-electron chi connectivity index (χ0n) is 20.5. The van der Waals surface area contributed by atoms with Gasteiger partial charge in [0.15, 0.2) is 8.32 Å². The molecule has 0 spiro atoms. The predicted octanol–water partition coefficient (Wildman–Crippen LogP) is 5.54. The van der Waals surface area contributed by atoms with E-state index < -0.39 is 42.1 Å². The van der Waals surface area contributed by atoms with Gasteiger partial charge in [-0.15, -0.1) is 0 Å².